The predicted molar refractivity (Wildman–Crippen MR) is 120 cm³/mol. The van der Waals surface area contributed by atoms with Crippen LogP contribution in [-0.2, 0) is 10.0 Å². The van der Waals surface area contributed by atoms with Gasteiger partial charge in [-0.25, -0.2) is 13.4 Å². The Bertz CT molecular complexity index is 1150. The van der Waals surface area contributed by atoms with Crippen molar-refractivity contribution in [1.29, 1.82) is 0 Å². The van der Waals surface area contributed by atoms with E-state index in [9.17, 15) is 8.42 Å². The van der Waals surface area contributed by atoms with E-state index in [2.05, 4.69) is 20.5 Å². The average Bonchev–Trinajstić information content (AvgIpc) is 2.84. The third kappa shape index (κ3) is 4.58. The largest absolute Gasteiger partial charge is 0.497 e. The number of pyridine rings is 1. The molecule has 0 radical (unpaired) electrons. The molecule has 1 aliphatic rings. The summed E-state index contributed by atoms with van der Waals surface area (Å²) in [5.74, 6) is 2.75. The maximum absolute atomic E-state index is 13.2. The zero-order chi connectivity index (χ0) is 22.6. The summed E-state index contributed by atoms with van der Waals surface area (Å²) in [4.78, 5) is 6.33. The molecule has 1 fully saturated rings. The van der Waals surface area contributed by atoms with Gasteiger partial charge in [0.2, 0.25) is 10.0 Å². The number of nitrogens with one attached hydrogen (secondary N) is 1. The number of hydrogen-bond acceptors (Lipinski definition) is 9. The number of piperazine rings is 1. The van der Waals surface area contributed by atoms with E-state index < -0.39 is 10.0 Å². The van der Waals surface area contributed by atoms with Crippen LogP contribution in [0.4, 0.5) is 17.5 Å². The summed E-state index contributed by atoms with van der Waals surface area (Å²) in [6.07, 6.45) is 1.69. The first kappa shape index (κ1) is 21.8. The van der Waals surface area contributed by atoms with Crippen molar-refractivity contribution < 1.29 is 17.9 Å². The Balaban J connectivity index is 1.41. The van der Waals surface area contributed by atoms with E-state index in [0.29, 0.717) is 49.4 Å². The van der Waals surface area contributed by atoms with Gasteiger partial charge in [0, 0.05) is 38.4 Å². The summed E-state index contributed by atoms with van der Waals surface area (Å²) in [7, 11) is -0.742. The molecule has 1 aromatic carbocycles. The van der Waals surface area contributed by atoms with E-state index in [-0.39, 0.29) is 10.6 Å². The third-order valence-electron chi connectivity index (χ3n) is 5.12. The minimum atomic E-state index is -3.70. The molecule has 0 bridgehead atoms. The third-order valence-corrected chi connectivity index (χ3v) is 7.06. The number of sulfonamides is 1. The topological polar surface area (TPSA) is 110 Å². The lowest BCUT2D eigenvalue weighted by atomic mass is 10.3. The first-order chi connectivity index (χ1) is 15.5. The SMILES string of the molecule is COc1ccc(S(=O)(=O)N2CCN(c3ccc(Nc4ccccn4)nn3)CC2)c(OC)c1. The van der Waals surface area contributed by atoms with Crippen LogP contribution in [0.1, 0.15) is 0 Å². The minimum Gasteiger partial charge on any atom is -0.497 e. The van der Waals surface area contributed by atoms with Crippen molar-refractivity contribution in [2.24, 2.45) is 0 Å². The highest BCUT2D eigenvalue weighted by Crippen LogP contribution is 2.31. The predicted octanol–water partition coefficient (Wildman–Crippen LogP) is 2.14. The van der Waals surface area contributed by atoms with Gasteiger partial charge in [-0.1, -0.05) is 6.07 Å². The fourth-order valence-electron chi connectivity index (χ4n) is 3.41. The second kappa shape index (κ2) is 9.37. The first-order valence-corrected chi connectivity index (χ1v) is 11.4. The molecule has 3 heterocycles. The lowest BCUT2D eigenvalue weighted by Gasteiger charge is -2.34. The molecule has 32 heavy (non-hydrogen) atoms. The van der Waals surface area contributed by atoms with Crippen molar-refractivity contribution in [3.05, 3.63) is 54.7 Å². The monoisotopic (exact) mass is 456 g/mol. The van der Waals surface area contributed by atoms with Gasteiger partial charge in [0.25, 0.3) is 0 Å². The fourth-order valence-corrected chi connectivity index (χ4v) is 4.97. The maximum atomic E-state index is 13.2. The summed E-state index contributed by atoms with van der Waals surface area (Å²) in [5, 5.41) is 11.6. The lowest BCUT2D eigenvalue weighted by Crippen LogP contribution is -2.49. The Morgan fingerprint density at radius 3 is 2.34 bits per heavy atom. The summed E-state index contributed by atoms with van der Waals surface area (Å²) in [6.45, 7) is 1.65. The van der Waals surface area contributed by atoms with E-state index in [1.54, 1.807) is 18.3 Å². The van der Waals surface area contributed by atoms with Gasteiger partial charge < -0.3 is 19.7 Å². The molecular formula is C21H24N6O4S. The molecule has 1 saturated heterocycles. The summed E-state index contributed by atoms with van der Waals surface area (Å²) >= 11 is 0. The van der Waals surface area contributed by atoms with Gasteiger partial charge >= 0.3 is 0 Å². The molecular weight excluding hydrogens is 432 g/mol. The zero-order valence-corrected chi connectivity index (χ0v) is 18.6. The number of rotatable bonds is 7. The Morgan fingerprint density at radius 1 is 0.906 bits per heavy atom. The van der Waals surface area contributed by atoms with Crippen molar-refractivity contribution >= 4 is 27.5 Å². The van der Waals surface area contributed by atoms with Gasteiger partial charge in [-0.05, 0) is 36.4 Å². The number of ether oxygens (including phenoxy) is 2. The number of methoxy groups -OCH3 is 2. The van der Waals surface area contributed by atoms with Crippen LogP contribution in [-0.4, -0.2) is 68.3 Å². The van der Waals surface area contributed by atoms with Gasteiger partial charge in [0.05, 0.1) is 14.2 Å². The molecule has 0 spiro atoms. The molecule has 0 unspecified atom stereocenters. The molecule has 0 amide bonds. The second-order valence-electron chi connectivity index (χ2n) is 7.02. The molecule has 2 aromatic heterocycles. The molecule has 168 valence electrons. The van der Waals surface area contributed by atoms with E-state index in [0.717, 1.165) is 0 Å². The minimum absolute atomic E-state index is 0.124. The molecule has 1 aliphatic heterocycles. The second-order valence-corrected chi connectivity index (χ2v) is 8.93. The van der Waals surface area contributed by atoms with E-state index in [1.807, 2.05) is 35.2 Å². The molecule has 4 rings (SSSR count). The van der Waals surface area contributed by atoms with Crippen molar-refractivity contribution in [3.8, 4) is 11.5 Å². The highest BCUT2D eigenvalue weighted by molar-refractivity contribution is 7.89. The van der Waals surface area contributed by atoms with E-state index in [1.165, 1.54) is 24.6 Å². The summed E-state index contributed by atoms with van der Waals surface area (Å²) < 4.78 is 38.2. The lowest BCUT2D eigenvalue weighted by molar-refractivity contribution is 0.369. The smallest absolute Gasteiger partial charge is 0.246 e. The highest BCUT2D eigenvalue weighted by Gasteiger charge is 2.31. The highest BCUT2D eigenvalue weighted by atomic mass is 32.2. The van der Waals surface area contributed by atoms with Crippen LogP contribution in [0.3, 0.4) is 0 Å². The summed E-state index contributed by atoms with van der Waals surface area (Å²) in [6, 6.07) is 13.9. The summed E-state index contributed by atoms with van der Waals surface area (Å²) in [5.41, 5.74) is 0. The Kier molecular flexibility index (Phi) is 6.37. The van der Waals surface area contributed by atoms with Crippen LogP contribution < -0.4 is 19.7 Å². The van der Waals surface area contributed by atoms with Gasteiger partial charge in [-0.3, -0.25) is 0 Å². The number of anilines is 3. The first-order valence-electron chi connectivity index (χ1n) is 10.00. The molecule has 11 heteroatoms. The maximum Gasteiger partial charge on any atom is 0.246 e. The van der Waals surface area contributed by atoms with Crippen molar-refractivity contribution in [3.63, 3.8) is 0 Å². The molecule has 0 atom stereocenters. The average molecular weight is 457 g/mol. The van der Waals surface area contributed by atoms with Crippen LogP contribution >= 0.6 is 0 Å². The number of hydrogen-bond donors (Lipinski definition) is 1. The Morgan fingerprint density at radius 2 is 1.72 bits per heavy atom. The van der Waals surface area contributed by atoms with Crippen LogP contribution in [0.5, 0.6) is 11.5 Å². The molecule has 10 nitrogen and oxygen atoms in total. The van der Waals surface area contributed by atoms with E-state index in [4.69, 9.17) is 9.47 Å². The van der Waals surface area contributed by atoms with Crippen molar-refractivity contribution in [2.75, 3.05) is 50.6 Å². The zero-order valence-electron chi connectivity index (χ0n) is 17.8. The standard InChI is InChI=1S/C21H24N6O4S/c1-30-16-6-7-18(17(15-16)31-2)32(28,29)27-13-11-26(12-14-27)21-9-8-20(24-25-21)23-19-5-3-4-10-22-19/h3-10,15H,11-14H2,1-2H3,(H,22,23,24). The van der Waals surface area contributed by atoms with E-state index >= 15 is 0 Å². The number of aromatic nitrogens is 3. The Labute approximate surface area is 186 Å². The van der Waals surface area contributed by atoms with Crippen LogP contribution in [0.25, 0.3) is 0 Å². The molecule has 1 N–H and O–H groups in total. The van der Waals surface area contributed by atoms with Gasteiger partial charge in [-0.15, -0.1) is 10.2 Å². The van der Waals surface area contributed by atoms with Gasteiger partial charge in [0.1, 0.15) is 22.2 Å². The van der Waals surface area contributed by atoms with Crippen LogP contribution in [0.2, 0.25) is 0 Å². The number of nitrogens with zero attached hydrogens (tertiary/aromatic N) is 5. The van der Waals surface area contributed by atoms with Gasteiger partial charge in [-0.2, -0.15) is 4.31 Å². The van der Waals surface area contributed by atoms with Crippen LogP contribution in [0.15, 0.2) is 59.6 Å². The Hall–Kier alpha value is -3.44. The normalized spacial score (nSPS) is 14.8. The molecule has 3 aromatic rings. The van der Waals surface area contributed by atoms with Gasteiger partial charge in [0.15, 0.2) is 11.6 Å². The fraction of sp³-hybridized carbons (Fsp3) is 0.286. The van der Waals surface area contributed by atoms with Crippen molar-refractivity contribution in [1.82, 2.24) is 19.5 Å². The van der Waals surface area contributed by atoms with Crippen molar-refractivity contribution in [2.45, 2.75) is 4.90 Å². The molecule has 0 saturated carbocycles. The van der Waals surface area contributed by atoms with Crippen LogP contribution in [0, 0.1) is 0 Å². The molecule has 0 aliphatic carbocycles. The quantitative estimate of drug-likeness (QED) is 0.572. The number of benzene rings is 1.